The van der Waals surface area contributed by atoms with Crippen LogP contribution in [0.1, 0.15) is 27.2 Å². The Morgan fingerprint density at radius 3 is 2.33 bits per heavy atom. The first-order valence-corrected chi connectivity index (χ1v) is 4.60. The van der Waals surface area contributed by atoms with Gasteiger partial charge in [-0.1, -0.05) is 0 Å². The Morgan fingerprint density at radius 2 is 1.87 bits per heavy atom. The molecule has 5 heteroatoms. The summed E-state index contributed by atoms with van der Waals surface area (Å²) in [7, 11) is 0. The summed E-state index contributed by atoms with van der Waals surface area (Å²) in [5, 5.41) is 2.33. The van der Waals surface area contributed by atoms with Gasteiger partial charge < -0.3 is 10.1 Å². The smallest absolute Gasteiger partial charge is 0.335 e. The minimum absolute atomic E-state index is 0.188. The highest BCUT2D eigenvalue weighted by Crippen LogP contribution is 1.94. The van der Waals surface area contributed by atoms with E-state index >= 15 is 0 Å². The Hall–Kier alpha value is -1.65. The largest absolute Gasteiger partial charge is 0.463 e. The maximum absolute atomic E-state index is 11.1. The number of hydrogen-bond acceptors (Lipinski definition) is 4. The SMILES string of the molecule is CCOC(=O)C(C)=CNC(=O)CC(C)=O. The van der Waals surface area contributed by atoms with Crippen LogP contribution in [0.5, 0.6) is 0 Å². The number of carbonyl (C=O) groups is 3. The van der Waals surface area contributed by atoms with Gasteiger partial charge in [-0.25, -0.2) is 4.79 Å². The summed E-state index contributed by atoms with van der Waals surface area (Å²) in [6, 6.07) is 0. The zero-order valence-corrected chi connectivity index (χ0v) is 9.12. The zero-order chi connectivity index (χ0) is 11.8. The van der Waals surface area contributed by atoms with Crippen molar-refractivity contribution in [2.75, 3.05) is 6.61 Å². The van der Waals surface area contributed by atoms with E-state index in [9.17, 15) is 14.4 Å². The molecule has 1 N–H and O–H groups in total. The molecule has 0 aliphatic rings. The van der Waals surface area contributed by atoms with Crippen molar-refractivity contribution in [3.63, 3.8) is 0 Å². The molecule has 0 spiro atoms. The molecule has 0 saturated heterocycles. The molecule has 0 aromatic rings. The Bertz CT molecular complexity index is 294. The molecule has 0 radical (unpaired) electrons. The van der Waals surface area contributed by atoms with Gasteiger partial charge in [0.2, 0.25) is 5.91 Å². The summed E-state index contributed by atoms with van der Waals surface area (Å²) in [6.07, 6.45) is 1.05. The minimum Gasteiger partial charge on any atom is -0.463 e. The molecule has 0 atom stereocenters. The molecule has 0 aliphatic heterocycles. The van der Waals surface area contributed by atoms with Gasteiger partial charge in [0.15, 0.2) is 0 Å². The quantitative estimate of drug-likeness (QED) is 0.411. The van der Waals surface area contributed by atoms with Crippen LogP contribution >= 0.6 is 0 Å². The highest BCUT2D eigenvalue weighted by molar-refractivity contribution is 5.97. The van der Waals surface area contributed by atoms with Crippen molar-refractivity contribution >= 4 is 17.7 Å². The second-order valence-corrected chi connectivity index (χ2v) is 2.99. The molecule has 1 amide bonds. The van der Waals surface area contributed by atoms with Crippen LogP contribution in [0.15, 0.2) is 11.8 Å². The van der Waals surface area contributed by atoms with E-state index in [1.165, 1.54) is 20.0 Å². The molecule has 0 heterocycles. The summed E-state index contributed by atoms with van der Waals surface area (Å²) in [6.45, 7) is 4.82. The second kappa shape index (κ2) is 6.75. The number of carbonyl (C=O) groups excluding carboxylic acids is 3. The third-order valence-corrected chi connectivity index (χ3v) is 1.46. The van der Waals surface area contributed by atoms with Crippen LogP contribution in [0.3, 0.4) is 0 Å². The van der Waals surface area contributed by atoms with Gasteiger partial charge in [-0.3, -0.25) is 9.59 Å². The molecule has 0 bridgehead atoms. The van der Waals surface area contributed by atoms with E-state index < -0.39 is 11.9 Å². The molecule has 15 heavy (non-hydrogen) atoms. The average molecular weight is 213 g/mol. The predicted octanol–water partition coefficient (Wildman–Crippen LogP) is 0.549. The normalized spacial score (nSPS) is 10.7. The van der Waals surface area contributed by atoms with E-state index in [1.54, 1.807) is 6.92 Å². The lowest BCUT2D eigenvalue weighted by atomic mass is 10.3. The van der Waals surface area contributed by atoms with Gasteiger partial charge in [0, 0.05) is 6.20 Å². The van der Waals surface area contributed by atoms with E-state index in [4.69, 9.17) is 4.74 Å². The Labute approximate surface area is 88.5 Å². The number of ketones is 1. The van der Waals surface area contributed by atoms with Crippen molar-refractivity contribution in [3.8, 4) is 0 Å². The van der Waals surface area contributed by atoms with Crippen LogP contribution in [0.2, 0.25) is 0 Å². The molecule has 0 rings (SSSR count). The van der Waals surface area contributed by atoms with E-state index in [0.717, 1.165) is 0 Å². The van der Waals surface area contributed by atoms with Gasteiger partial charge in [0.1, 0.15) is 5.78 Å². The molecule has 0 saturated carbocycles. The van der Waals surface area contributed by atoms with Gasteiger partial charge in [-0.15, -0.1) is 0 Å². The van der Waals surface area contributed by atoms with Crippen LogP contribution in [-0.2, 0) is 19.1 Å². The second-order valence-electron chi connectivity index (χ2n) is 2.99. The molecule has 0 aromatic heterocycles. The van der Waals surface area contributed by atoms with E-state index in [0.29, 0.717) is 0 Å². The Kier molecular flexibility index (Phi) is 6.01. The fourth-order valence-corrected chi connectivity index (χ4v) is 0.770. The van der Waals surface area contributed by atoms with Gasteiger partial charge in [0.05, 0.1) is 18.6 Å². The number of esters is 1. The van der Waals surface area contributed by atoms with E-state index in [2.05, 4.69) is 5.32 Å². The average Bonchev–Trinajstić information content (AvgIpc) is 2.13. The Morgan fingerprint density at radius 1 is 1.27 bits per heavy atom. The number of amides is 1. The first-order valence-electron chi connectivity index (χ1n) is 4.60. The van der Waals surface area contributed by atoms with E-state index in [1.807, 2.05) is 0 Å². The van der Waals surface area contributed by atoms with Crippen LogP contribution in [0, 0.1) is 0 Å². The lowest BCUT2D eigenvalue weighted by molar-refractivity contribution is -0.138. The van der Waals surface area contributed by atoms with Gasteiger partial charge in [-0.2, -0.15) is 0 Å². The highest BCUT2D eigenvalue weighted by Gasteiger charge is 2.06. The molecule has 84 valence electrons. The molecule has 0 fully saturated rings. The standard InChI is InChI=1S/C10H15NO4/c1-4-15-10(14)7(2)6-11-9(13)5-8(3)12/h6H,4-5H2,1-3H3,(H,11,13). The summed E-state index contributed by atoms with van der Waals surface area (Å²) >= 11 is 0. The molecule has 5 nitrogen and oxygen atoms in total. The predicted molar refractivity (Wildman–Crippen MR) is 53.8 cm³/mol. The Balaban J connectivity index is 4.10. The first-order chi connectivity index (χ1) is 6.97. The van der Waals surface area contributed by atoms with Crippen molar-refractivity contribution in [1.29, 1.82) is 0 Å². The maximum atomic E-state index is 11.1. The summed E-state index contributed by atoms with van der Waals surface area (Å²) in [5.41, 5.74) is 0.286. The molecule has 0 unspecified atom stereocenters. The van der Waals surface area contributed by atoms with Crippen LogP contribution in [0.25, 0.3) is 0 Å². The molecule has 0 aromatic carbocycles. The van der Waals surface area contributed by atoms with Gasteiger partial charge in [-0.05, 0) is 20.8 Å². The number of Topliss-reactive ketones (excluding diaryl/α,β-unsaturated/α-hetero) is 1. The summed E-state index contributed by atoms with van der Waals surface area (Å²) in [4.78, 5) is 32.6. The fourth-order valence-electron chi connectivity index (χ4n) is 0.770. The first kappa shape index (κ1) is 13.4. The molecular weight excluding hydrogens is 198 g/mol. The zero-order valence-electron chi connectivity index (χ0n) is 9.12. The van der Waals surface area contributed by atoms with Crippen molar-refractivity contribution in [2.24, 2.45) is 0 Å². The van der Waals surface area contributed by atoms with E-state index in [-0.39, 0.29) is 24.4 Å². The number of nitrogens with one attached hydrogen (secondary N) is 1. The number of rotatable bonds is 5. The van der Waals surface area contributed by atoms with Crippen LogP contribution in [-0.4, -0.2) is 24.3 Å². The maximum Gasteiger partial charge on any atom is 0.335 e. The lowest BCUT2D eigenvalue weighted by Crippen LogP contribution is -2.21. The number of ether oxygens (including phenoxy) is 1. The molecule has 0 aliphatic carbocycles. The van der Waals surface area contributed by atoms with Crippen molar-refractivity contribution in [3.05, 3.63) is 11.8 Å². The monoisotopic (exact) mass is 213 g/mol. The van der Waals surface area contributed by atoms with Crippen LogP contribution in [0.4, 0.5) is 0 Å². The lowest BCUT2D eigenvalue weighted by Gasteiger charge is -2.02. The minimum atomic E-state index is -0.486. The van der Waals surface area contributed by atoms with Gasteiger partial charge in [0.25, 0.3) is 0 Å². The van der Waals surface area contributed by atoms with Crippen molar-refractivity contribution in [2.45, 2.75) is 27.2 Å². The topological polar surface area (TPSA) is 72.5 Å². The highest BCUT2D eigenvalue weighted by atomic mass is 16.5. The van der Waals surface area contributed by atoms with Gasteiger partial charge >= 0.3 is 5.97 Å². The van der Waals surface area contributed by atoms with Crippen molar-refractivity contribution < 1.29 is 19.1 Å². The fraction of sp³-hybridized carbons (Fsp3) is 0.500. The van der Waals surface area contributed by atoms with Crippen molar-refractivity contribution in [1.82, 2.24) is 5.32 Å². The number of hydrogen-bond donors (Lipinski definition) is 1. The summed E-state index contributed by atoms with van der Waals surface area (Å²) in [5.74, 6) is -1.15. The summed E-state index contributed by atoms with van der Waals surface area (Å²) < 4.78 is 4.69. The third-order valence-electron chi connectivity index (χ3n) is 1.46. The third kappa shape index (κ3) is 6.42. The molecular formula is C10H15NO4. The van der Waals surface area contributed by atoms with Crippen LogP contribution < -0.4 is 5.32 Å².